The average molecular weight is 243 g/mol. The van der Waals surface area contributed by atoms with E-state index < -0.39 is 0 Å². The van der Waals surface area contributed by atoms with Crippen LogP contribution in [0, 0.1) is 23.6 Å². The lowest BCUT2D eigenvalue weighted by molar-refractivity contribution is 0.0916. The second-order valence-corrected chi connectivity index (χ2v) is 5.68. The number of rotatable bonds is 2. The first-order chi connectivity index (χ1) is 8.72. The van der Waals surface area contributed by atoms with E-state index in [0.717, 1.165) is 35.6 Å². The lowest BCUT2D eigenvalue weighted by Gasteiger charge is -2.09. The van der Waals surface area contributed by atoms with Gasteiger partial charge in [0.25, 0.3) is 0 Å². The first-order valence-corrected chi connectivity index (χ1v) is 6.53. The van der Waals surface area contributed by atoms with Gasteiger partial charge in [-0.15, -0.1) is 0 Å². The number of nitrogens with one attached hydrogen (secondary N) is 1. The minimum Gasteiger partial charge on any atom is -0.360 e. The van der Waals surface area contributed by atoms with Gasteiger partial charge in [-0.1, -0.05) is 0 Å². The molecule has 3 heteroatoms. The summed E-state index contributed by atoms with van der Waals surface area (Å²) in [6, 6.07) is 4.56. The van der Waals surface area contributed by atoms with Crippen LogP contribution in [0.4, 0.5) is 4.39 Å². The molecule has 0 radical (unpaired) electrons. The van der Waals surface area contributed by atoms with Gasteiger partial charge in [-0.3, -0.25) is 4.79 Å². The third kappa shape index (κ3) is 1.43. The highest BCUT2D eigenvalue weighted by Crippen LogP contribution is 2.55. The fourth-order valence-corrected chi connectivity index (χ4v) is 3.45. The summed E-state index contributed by atoms with van der Waals surface area (Å²) in [5, 5.41) is 0.723. The van der Waals surface area contributed by atoms with Crippen molar-refractivity contribution in [3.8, 4) is 0 Å². The van der Waals surface area contributed by atoms with Crippen LogP contribution < -0.4 is 0 Å². The Labute approximate surface area is 104 Å². The standard InChI is InChI=1S/C15H14FNO/c16-11-1-2-14-12(6-11)13(7-17-14)15(18)10-4-8-3-9(8)5-10/h1-2,6-10,17H,3-5H2. The highest BCUT2D eigenvalue weighted by molar-refractivity contribution is 6.09. The monoisotopic (exact) mass is 243 g/mol. The van der Waals surface area contributed by atoms with E-state index in [1.807, 2.05) is 0 Å². The Kier molecular flexibility index (Phi) is 1.97. The Bertz CT molecular complexity index is 635. The van der Waals surface area contributed by atoms with E-state index in [9.17, 15) is 9.18 Å². The van der Waals surface area contributed by atoms with Crippen LogP contribution in [0.5, 0.6) is 0 Å². The van der Waals surface area contributed by atoms with E-state index in [1.54, 1.807) is 12.3 Å². The number of H-pyrrole nitrogens is 1. The minimum atomic E-state index is -0.287. The number of fused-ring (bicyclic) bond motifs is 2. The largest absolute Gasteiger partial charge is 0.360 e. The molecule has 2 nitrogen and oxygen atoms in total. The molecule has 18 heavy (non-hydrogen) atoms. The molecule has 1 N–H and O–H groups in total. The number of hydrogen-bond acceptors (Lipinski definition) is 1. The van der Waals surface area contributed by atoms with Crippen LogP contribution >= 0.6 is 0 Å². The molecular formula is C15H14FNO. The maximum Gasteiger partial charge on any atom is 0.168 e. The molecule has 1 aromatic carbocycles. The van der Waals surface area contributed by atoms with Crippen LogP contribution in [0.3, 0.4) is 0 Å². The highest BCUT2D eigenvalue weighted by atomic mass is 19.1. The van der Waals surface area contributed by atoms with Gasteiger partial charge in [-0.05, 0) is 49.3 Å². The van der Waals surface area contributed by atoms with E-state index in [2.05, 4.69) is 4.98 Å². The lowest BCUT2D eigenvalue weighted by atomic mass is 9.93. The minimum absolute atomic E-state index is 0.163. The Morgan fingerprint density at radius 1 is 1.22 bits per heavy atom. The predicted octanol–water partition coefficient (Wildman–Crippen LogP) is 3.54. The fraction of sp³-hybridized carbons (Fsp3) is 0.400. The van der Waals surface area contributed by atoms with Crippen molar-refractivity contribution in [2.45, 2.75) is 19.3 Å². The molecule has 2 atom stereocenters. The molecule has 2 fully saturated rings. The van der Waals surface area contributed by atoms with Crippen molar-refractivity contribution < 1.29 is 9.18 Å². The smallest absolute Gasteiger partial charge is 0.168 e. The lowest BCUT2D eigenvalue weighted by Crippen LogP contribution is -2.12. The quantitative estimate of drug-likeness (QED) is 0.804. The summed E-state index contributed by atoms with van der Waals surface area (Å²) in [6.45, 7) is 0. The molecule has 92 valence electrons. The molecule has 1 aromatic heterocycles. The van der Waals surface area contributed by atoms with Gasteiger partial charge in [-0.25, -0.2) is 4.39 Å². The number of ketones is 1. The molecule has 2 aliphatic rings. The molecule has 2 unspecified atom stereocenters. The van der Waals surface area contributed by atoms with E-state index in [0.29, 0.717) is 5.56 Å². The molecule has 2 aliphatic carbocycles. The molecule has 0 amide bonds. The SMILES string of the molecule is O=C(c1c[nH]c2ccc(F)cc12)C1CC2CC2C1. The molecule has 2 saturated carbocycles. The topological polar surface area (TPSA) is 32.9 Å². The van der Waals surface area contributed by atoms with Gasteiger partial charge in [0.2, 0.25) is 0 Å². The number of Topliss-reactive ketones (excluding diaryl/α,β-unsaturated/α-hetero) is 1. The molecule has 0 bridgehead atoms. The summed E-state index contributed by atoms with van der Waals surface area (Å²) in [4.78, 5) is 15.5. The number of halogens is 1. The van der Waals surface area contributed by atoms with Crippen LogP contribution in [0.1, 0.15) is 29.6 Å². The number of aromatic nitrogens is 1. The summed E-state index contributed by atoms with van der Waals surface area (Å²) in [7, 11) is 0. The maximum absolute atomic E-state index is 13.3. The molecule has 2 aromatic rings. The Hall–Kier alpha value is -1.64. The van der Waals surface area contributed by atoms with Crippen molar-refractivity contribution in [3.05, 3.63) is 35.8 Å². The third-order valence-corrected chi connectivity index (χ3v) is 4.52. The zero-order valence-electron chi connectivity index (χ0n) is 9.95. The highest BCUT2D eigenvalue weighted by Gasteiger charge is 2.48. The number of hydrogen-bond donors (Lipinski definition) is 1. The van der Waals surface area contributed by atoms with Gasteiger partial charge in [0.15, 0.2) is 5.78 Å². The first-order valence-electron chi connectivity index (χ1n) is 6.53. The van der Waals surface area contributed by atoms with Gasteiger partial charge < -0.3 is 4.98 Å². The average Bonchev–Trinajstić information content (AvgIpc) is 2.82. The van der Waals surface area contributed by atoms with E-state index in [1.165, 1.54) is 18.6 Å². The molecule has 0 saturated heterocycles. The van der Waals surface area contributed by atoms with Gasteiger partial charge >= 0.3 is 0 Å². The van der Waals surface area contributed by atoms with Gasteiger partial charge in [0.1, 0.15) is 5.82 Å². The second kappa shape index (κ2) is 3.44. The van der Waals surface area contributed by atoms with Gasteiger partial charge in [-0.2, -0.15) is 0 Å². The van der Waals surface area contributed by atoms with Crippen molar-refractivity contribution in [2.75, 3.05) is 0 Å². The number of carbonyl (C=O) groups excluding carboxylic acids is 1. The Morgan fingerprint density at radius 2 is 2.00 bits per heavy atom. The zero-order valence-corrected chi connectivity index (χ0v) is 9.95. The molecule has 0 spiro atoms. The van der Waals surface area contributed by atoms with Gasteiger partial charge in [0, 0.05) is 28.6 Å². The van der Waals surface area contributed by atoms with Crippen molar-refractivity contribution >= 4 is 16.7 Å². The normalized spacial score (nSPS) is 29.5. The summed E-state index contributed by atoms with van der Waals surface area (Å²) < 4.78 is 13.3. The number of carbonyl (C=O) groups is 1. The predicted molar refractivity (Wildman–Crippen MR) is 66.9 cm³/mol. The Morgan fingerprint density at radius 3 is 2.78 bits per heavy atom. The van der Waals surface area contributed by atoms with Crippen molar-refractivity contribution in [2.24, 2.45) is 17.8 Å². The summed E-state index contributed by atoms with van der Waals surface area (Å²) in [6.07, 6.45) is 5.11. The fourth-order valence-electron chi connectivity index (χ4n) is 3.45. The maximum atomic E-state index is 13.3. The molecule has 1 heterocycles. The van der Waals surface area contributed by atoms with Crippen molar-refractivity contribution in [3.63, 3.8) is 0 Å². The van der Waals surface area contributed by atoms with Gasteiger partial charge in [0.05, 0.1) is 0 Å². The van der Waals surface area contributed by atoms with Crippen LogP contribution in [-0.2, 0) is 0 Å². The van der Waals surface area contributed by atoms with E-state index in [-0.39, 0.29) is 17.5 Å². The summed E-state index contributed by atoms with van der Waals surface area (Å²) in [5.41, 5.74) is 1.50. The van der Waals surface area contributed by atoms with Crippen LogP contribution in [0.25, 0.3) is 10.9 Å². The van der Waals surface area contributed by atoms with Crippen LogP contribution in [0.15, 0.2) is 24.4 Å². The van der Waals surface area contributed by atoms with E-state index in [4.69, 9.17) is 0 Å². The number of aromatic amines is 1. The van der Waals surface area contributed by atoms with Crippen molar-refractivity contribution in [1.29, 1.82) is 0 Å². The third-order valence-electron chi connectivity index (χ3n) is 4.52. The molecule has 0 aliphatic heterocycles. The number of benzene rings is 1. The molecule has 4 rings (SSSR count). The van der Waals surface area contributed by atoms with Crippen LogP contribution in [-0.4, -0.2) is 10.8 Å². The Balaban J connectivity index is 1.73. The zero-order chi connectivity index (χ0) is 12.3. The van der Waals surface area contributed by atoms with Crippen molar-refractivity contribution in [1.82, 2.24) is 4.98 Å². The summed E-state index contributed by atoms with van der Waals surface area (Å²) in [5.74, 6) is 1.65. The van der Waals surface area contributed by atoms with Crippen LogP contribution in [0.2, 0.25) is 0 Å². The van der Waals surface area contributed by atoms with E-state index >= 15 is 0 Å². The molecular weight excluding hydrogens is 229 g/mol. The summed E-state index contributed by atoms with van der Waals surface area (Å²) >= 11 is 0. The second-order valence-electron chi connectivity index (χ2n) is 5.68. The first kappa shape index (κ1) is 10.3.